The zero-order valence-corrected chi connectivity index (χ0v) is 25.6. The summed E-state index contributed by atoms with van der Waals surface area (Å²) in [5.74, 6) is 0.746. The number of nitrogens with zero attached hydrogens (tertiary/aromatic N) is 1. The van der Waals surface area contributed by atoms with E-state index in [2.05, 4.69) is 77.3 Å². The quantitative estimate of drug-likeness (QED) is 0.0904. The first-order valence-corrected chi connectivity index (χ1v) is 15.7. The topological polar surface area (TPSA) is 35.5 Å². The molecule has 4 nitrogen and oxygen atoms in total. The highest BCUT2D eigenvalue weighted by atomic mass is 16.6. The first-order chi connectivity index (χ1) is 18.9. The van der Waals surface area contributed by atoms with Crippen LogP contribution in [0.1, 0.15) is 109 Å². The predicted octanol–water partition coefficient (Wildman–Crippen LogP) is 8.91. The van der Waals surface area contributed by atoms with E-state index in [1.165, 1.54) is 68.9 Å². The van der Waals surface area contributed by atoms with Crippen LogP contribution in [-0.4, -0.2) is 43.3 Å². The molecule has 0 bridgehead atoms. The van der Waals surface area contributed by atoms with Crippen molar-refractivity contribution in [2.24, 2.45) is 0 Å². The number of unbranched alkanes of at least 4 members (excludes halogenated alkanes) is 8. The van der Waals surface area contributed by atoms with Gasteiger partial charge in [-0.25, -0.2) is 4.79 Å². The Morgan fingerprint density at radius 1 is 0.769 bits per heavy atom. The number of hydrogen-bond donors (Lipinski definition) is 0. The molecule has 0 aliphatic carbocycles. The Bertz CT molecular complexity index is 911. The first kappa shape index (κ1) is 32.9. The number of carbonyl (C=O) groups is 1. The number of quaternary nitrogens is 1. The standard InChI is InChI=1S/C35H56NO3/c1-6-9-10-11-12-13-14-15-17-22-30-25-20-26-33(27-30)39-32(8-3)29-38-35(37)34(21-7-2)36(4,5)28-31-23-18-16-19-24-31/h16,18-20,23-27,32,34H,6-15,17,21-22,28-29H2,1-5H3/q+1. The van der Waals surface area contributed by atoms with Crippen LogP contribution in [0, 0.1) is 0 Å². The number of benzene rings is 2. The van der Waals surface area contributed by atoms with Gasteiger partial charge in [-0.15, -0.1) is 0 Å². The smallest absolute Gasteiger partial charge is 0.365 e. The number of likely N-dealkylation sites (N-methyl/N-ethyl adjacent to an activating group) is 1. The van der Waals surface area contributed by atoms with Crippen molar-refractivity contribution in [3.63, 3.8) is 0 Å². The Kier molecular flexibility index (Phi) is 15.9. The molecule has 0 radical (unpaired) electrons. The van der Waals surface area contributed by atoms with E-state index in [0.717, 1.165) is 38.0 Å². The lowest BCUT2D eigenvalue weighted by Gasteiger charge is -2.36. The fraction of sp³-hybridized carbons (Fsp3) is 0.629. The summed E-state index contributed by atoms with van der Waals surface area (Å²) in [6.45, 7) is 7.56. The molecule has 2 aromatic rings. The van der Waals surface area contributed by atoms with Gasteiger partial charge < -0.3 is 14.0 Å². The Hall–Kier alpha value is -2.33. The van der Waals surface area contributed by atoms with Gasteiger partial charge in [-0.1, -0.05) is 115 Å². The Morgan fingerprint density at radius 2 is 1.41 bits per heavy atom. The van der Waals surface area contributed by atoms with Crippen molar-refractivity contribution in [1.82, 2.24) is 0 Å². The molecule has 39 heavy (non-hydrogen) atoms. The molecule has 0 heterocycles. The summed E-state index contributed by atoms with van der Waals surface area (Å²) in [5.41, 5.74) is 2.55. The summed E-state index contributed by atoms with van der Waals surface area (Å²) >= 11 is 0. The molecule has 218 valence electrons. The van der Waals surface area contributed by atoms with Gasteiger partial charge in [-0.05, 0) is 43.4 Å². The van der Waals surface area contributed by atoms with Crippen LogP contribution in [0.15, 0.2) is 54.6 Å². The van der Waals surface area contributed by atoms with Crippen molar-refractivity contribution in [1.29, 1.82) is 0 Å². The van der Waals surface area contributed by atoms with Crippen LogP contribution in [-0.2, 0) is 22.5 Å². The number of rotatable bonds is 21. The van der Waals surface area contributed by atoms with Gasteiger partial charge in [0, 0.05) is 12.0 Å². The number of ether oxygens (including phenoxy) is 2. The largest absolute Gasteiger partial charge is 0.487 e. The van der Waals surface area contributed by atoms with Gasteiger partial charge in [0.15, 0.2) is 6.04 Å². The van der Waals surface area contributed by atoms with Crippen molar-refractivity contribution in [3.8, 4) is 5.75 Å². The SMILES string of the molecule is CCCCCCCCCCCc1cccc(OC(CC)COC(=O)C(CCC)[N+](C)(C)Cc2ccccc2)c1. The second-order valence-electron chi connectivity index (χ2n) is 11.7. The van der Waals surface area contributed by atoms with Crippen LogP contribution in [0.4, 0.5) is 0 Å². The Balaban J connectivity index is 1.81. The second-order valence-corrected chi connectivity index (χ2v) is 11.7. The van der Waals surface area contributed by atoms with Gasteiger partial charge in [0.2, 0.25) is 0 Å². The molecule has 2 rings (SSSR count). The van der Waals surface area contributed by atoms with Crippen molar-refractivity contribution in [3.05, 3.63) is 65.7 Å². The number of aryl methyl sites for hydroxylation is 1. The molecule has 0 aromatic heterocycles. The predicted molar refractivity (Wildman–Crippen MR) is 164 cm³/mol. The molecule has 0 aliphatic heterocycles. The summed E-state index contributed by atoms with van der Waals surface area (Å²) in [5, 5.41) is 0. The van der Waals surface area contributed by atoms with E-state index in [1.54, 1.807) is 0 Å². The Morgan fingerprint density at radius 3 is 2.05 bits per heavy atom. The first-order valence-electron chi connectivity index (χ1n) is 15.7. The maximum absolute atomic E-state index is 13.3. The molecule has 0 saturated carbocycles. The molecule has 0 amide bonds. The van der Waals surface area contributed by atoms with E-state index in [4.69, 9.17) is 9.47 Å². The lowest BCUT2D eigenvalue weighted by Crippen LogP contribution is -2.53. The summed E-state index contributed by atoms with van der Waals surface area (Å²) in [4.78, 5) is 13.3. The summed E-state index contributed by atoms with van der Waals surface area (Å²) < 4.78 is 12.8. The minimum atomic E-state index is -0.201. The van der Waals surface area contributed by atoms with Crippen LogP contribution >= 0.6 is 0 Å². The van der Waals surface area contributed by atoms with E-state index in [-0.39, 0.29) is 24.7 Å². The average molecular weight is 539 g/mol. The van der Waals surface area contributed by atoms with E-state index >= 15 is 0 Å². The van der Waals surface area contributed by atoms with Crippen molar-refractivity contribution in [2.45, 2.75) is 123 Å². The Labute approximate surface area is 239 Å². The lowest BCUT2D eigenvalue weighted by atomic mass is 10.0. The maximum atomic E-state index is 13.3. The zero-order chi connectivity index (χ0) is 28.3. The van der Waals surface area contributed by atoms with Crippen LogP contribution in [0.2, 0.25) is 0 Å². The molecule has 2 atom stereocenters. The molecule has 4 heteroatoms. The van der Waals surface area contributed by atoms with Crippen molar-refractivity contribution in [2.75, 3.05) is 20.7 Å². The molecular weight excluding hydrogens is 482 g/mol. The molecule has 0 N–H and O–H groups in total. The number of hydrogen-bond acceptors (Lipinski definition) is 3. The molecule has 2 unspecified atom stereocenters. The van der Waals surface area contributed by atoms with Gasteiger partial charge in [0.25, 0.3) is 0 Å². The highest BCUT2D eigenvalue weighted by molar-refractivity contribution is 5.74. The average Bonchev–Trinajstić information content (AvgIpc) is 2.93. The van der Waals surface area contributed by atoms with Gasteiger partial charge in [-0.2, -0.15) is 0 Å². The van der Waals surface area contributed by atoms with Crippen molar-refractivity contribution < 1.29 is 18.8 Å². The van der Waals surface area contributed by atoms with Gasteiger partial charge in [0.1, 0.15) is 25.0 Å². The molecule has 0 saturated heterocycles. The number of esters is 1. The van der Waals surface area contributed by atoms with E-state index < -0.39 is 0 Å². The fourth-order valence-electron chi connectivity index (χ4n) is 5.30. The van der Waals surface area contributed by atoms with Gasteiger partial charge >= 0.3 is 5.97 Å². The third-order valence-electron chi connectivity index (χ3n) is 7.75. The second kappa shape index (κ2) is 18.9. The van der Waals surface area contributed by atoms with Crippen LogP contribution in [0.3, 0.4) is 0 Å². The summed E-state index contributed by atoms with van der Waals surface area (Å²) in [6.07, 6.45) is 15.6. The normalized spacial score (nSPS) is 13.2. The molecule has 0 aliphatic rings. The van der Waals surface area contributed by atoms with Crippen molar-refractivity contribution >= 4 is 5.97 Å². The monoisotopic (exact) mass is 538 g/mol. The molecular formula is C35H56NO3+. The van der Waals surface area contributed by atoms with Gasteiger partial charge in [0.05, 0.1) is 14.1 Å². The maximum Gasteiger partial charge on any atom is 0.365 e. The molecule has 0 fully saturated rings. The minimum absolute atomic E-state index is 0.126. The number of carbonyl (C=O) groups excluding carboxylic acids is 1. The third kappa shape index (κ3) is 13.0. The van der Waals surface area contributed by atoms with Crippen LogP contribution in [0.5, 0.6) is 5.75 Å². The fourth-order valence-corrected chi connectivity index (χ4v) is 5.30. The summed E-state index contributed by atoms with van der Waals surface area (Å²) in [7, 11) is 4.25. The zero-order valence-electron chi connectivity index (χ0n) is 25.6. The highest BCUT2D eigenvalue weighted by Gasteiger charge is 2.36. The van der Waals surface area contributed by atoms with Crippen LogP contribution < -0.4 is 4.74 Å². The molecule has 2 aromatic carbocycles. The highest BCUT2D eigenvalue weighted by Crippen LogP contribution is 2.21. The lowest BCUT2D eigenvalue weighted by molar-refractivity contribution is -0.920. The summed E-state index contributed by atoms with van der Waals surface area (Å²) in [6, 6.07) is 18.6. The minimum Gasteiger partial charge on any atom is -0.487 e. The van der Waals surface area contributed by atoms with Gasteiger partial charge in [-0.3, -0.25) is 0 Å². The molecule has 0 spiro atoms. The van der Waals surface area contributed by atoms with E-state index in [9.17, 15) is 4.79 Å². The third-order valence-corrected chi connectivity index (χ3v) is 7.75. The van der Waals surface area contributed by atoms with E-state index in [1.807, 2.05) is 12.1 Å². The van der Waals surface area contributed by atoms with Crippen LogP contribution in [0.25, 0.3) is 0 Å². The van der Waals surface area contributed by atoms with E-state index in [0.29, 0.717) is 4.48 Å².